The van der Waals surface area contributed by atoms with E-state index in [1.807, 2.05) is 6.08 Å². The second-order valence-corrected chi connectivity index (χ2v) is 5.52. The van der Waals surface area contributed by atoms with Gasteiger partial charge in [-0.1, -0.05) is 13.0 Å². The summed E-state index contributed by atoms with van der Waals surface area (Å²) in [6.07, 6.45) is 3.88. The van der Waals surface area contributed by atoms with Gasteiger partial charge in [-0.2, -0.15) is 0 Å². The third-order valence-electron chi connectivity index (χ3n) is 3.28. The van der Waals surface area contributed by atoms with Gasteiger partial charge in [0.25, 0.3) is 0 Å². The molecule has 5 nitrogen and oxygen atoms in total. The first-order valence-electron chi connectivity index (χ1n) is 8.41. The Hall–Kier alpha value is -0.460. The van der Waals surface area contributed by atoms with Gasteiger partial charge in [0.15, 0.2) is 0 Å². The number of hydrogen-bond acceptors (Lipinski definition) is 5. The zero-order valence-electron chi connectivity index (χ0n) is 14.9. The van der Waals surface area contributed by atoms with Crippen LogP contribution in [0.4, 0.5) is 0 Å². The molecule has 0 spiro atoms. The van der Waals surface area contributed by atoms with E-state index in [0.717, 1.165) is 78.7 Å². The summed E-state index contributed by atoms with van der Waals surface area (Å²) >= 11 is 0. The van der Waals surface area contributed by atoms with E-state index in [9.17, 15) is 0 Å². The summed E-state index contributed by atoms with van der Waals surface area (Å²) in [7, 11) is 4.20. The van der Waals surface area contributed by atoms with Crippen LogP contribution in [0.1, 0.15) is 19.8 Å². The lowest BCUT2D eigenvalue weighted by atomic mass is 10.4. The third kappa shape index (κ3) is 15.9. The predicted octanol–water partition coefficient (Wildman–Crippen LogP) is 1.89. The normalized spacial score (nSPS) is 11.5. The van der Waals surface area contributed by atoms with Crippen LogP contribution in [-0.2, 0) is 14.2 Å². The van der Waals surface area contributed by atoms with E-state index in [1.54, 1.807) is 0 Å². The lowest BCUT2D eigenvalue weighted by molar-refractivity contribution is 0.0683. The summed E-state index contributed by atoms with van der Waals surface area (Å²) in [5.41, 5.74) is 0. The van der Waals surface area contributed by atoms with Gasteiger partial charge in [-0.25, -0.2) is 0 Å². The smallest absolute Gasteiger partial charge is 0.0594 e. The number of ether oxygens (including phenoxy) is 3. The van der Waals surface area contributed by atoms with Crippen molar-refractivity contribution in [2.24, 2.45) is 0 Å². The zero-order chi connectivity index (χ0) is 16.5. The molecule has 0 aromatic heterocycles. The quantitative estimate of drug-likeness (QED) is 0.302. The van der Waals surface area contributed by atoms with Gasteiger partial charge < -0.3 is 24.0 Å². The highest BCUT2D eigenvalue weighted by Gasteiger charge is 2.00. The van der Waals surface area contributed by atoms with Crippen molar-refractivity contribution in [2.75, 3.05) is 79.9 Å². The third-order valence-corrected chi connectivity index (χ3v) is 3.28. The molecule has 0 aliphatic heterocycles. The molecule has 22 heavy (non-hydrogen) atoms. The van der Waals surface area contributed by atoms with Crippen molar-refractivity contribution in [2.45, 2.75) is 19.8 Å². The first kappa shape index (κ1) is 21.5. The van der Waals surface area contributed by atoms with Crippen LogP contribution in [-0.4, -0.2) is 89.7 Å². The molecule has 0 radical (unpaired) electrons. The van der Waals surface area contributed by atoms with Crippen molar-refractivity contribution in [3.05, 3.63) is 12.7 Å². The van der Waals surface area contributed by atoms with Crippen molar-refractivity contribution >= 4 is 0 Å². The predicted molar refractivity (Wildman–Crippen MR) is 92.6 cm³/mol. The van der Waals surface area contributed by atoms with Crippen LogP contribution in [0.25, 0.3) is 0 Å². The van der Waals surface area contributed by atoms with E-state index < -0.39 is 0 Å². The minimum atomic E-state index is 0.766. The summed E-state index contributed by atoms with van der Waals surface area (Å²) in [6, 6.07) is 0. The van der Waals surface area contributed by atoms with Gasteiger partial charge >= 0.3 is 0 Å². The van der Waals surface area contributed by atoms with E-state index in [4.69, 9.17) is 14.2 Å². The minimum absolute atomic E-state index is 0.766. The molecule has 0 aliphatic carbocycles. The number of rotatable bonds is 17. The topological polar surface area (TPSA) is 34.2 Å². The lowest BCUT2D eigenvalue weighted by Gasteiger charge is -2.18. The fourth-order valence-electron chi connectivity index (χ4n) is 1.72. The van der Waals surface area contributed by atoms with E-state index in [-0.39, 0.29) is 0 Å². The van der Waals surface area contributed by atoms with Gasteiger partial charge in [0, 0.05) is 32.8 Å². The molecule has 0 fully saturated rings. The summed E-state index contributed by atoms with van der Waals surface area (Å²) in [5.74, 6) is 0. The largest absolute Gasteiger partial charge is 0.380 e. The Morgan fingerprint density at radius 1 is 0.727 bits per heavy atom. The molecule has 132 valence electrons. The van der Waals surface area contributed by atoms with E-state index in [1.165, 1.54) is 0 Å². The second kappa shape index (κ2) is 16.9. The van der Waals surface area contributed by atoms with E-state index in [0.29, 0.717) is 0 Å². The highest BCUT2D eigenvalue weighted by atomic mass is 16.5. The molecule has 0 aromatic carbocycles. The molecule has 0 N–H and O–H groups in total. The van der Waals surface area contributed by atoms with Gasteiger partial charge in [-0.15, -0.1) is 6.58 Å². The Labute approximate surface area is 137 Å². The van der Waals surface area contributed by atoms with Crippen LogP contribution in [0, 0.1) is 0 Å². The summed E-state index contributed by atoms with van der Waals surface area (Å²) in [6.45, 7) is 14.3. The van der Waals surface area contributed by atoms with Crippen molar-refractivity contribution < 1.29 is 14.2 Å². The molecule has 0 bridgehead atoms. The molecule has 0 amide bonds. The van der Waals surface area contributed by atoms with Crippen molar-refractivity contribution in [1.29, 1.82) is 0 Å². The first-order valence-corrected chi connectivity index (χ1v) is 8.41. The van der Waals surface area contributed by atoms with Crippen molar-refractivity contribution in [3.63, 3.8) is 0 Å². The molecule has 0 aliphatic rings. The average molecular weight is 316 g/mol. The average Bonchev–Trinajstić information content (AvgIpc) is 2.51. The second-order valence-electron chi connectivity index (χ2n) is 5.52. The van der Waals surface area contributed by atoms with Crippen molar-refractivity contribution in [3.8, 4) is 0 Å². The number of hydrogen-bond donors (Lipinski definition) is 0. The van der Waals surface area contributed by atoms with Crippen LogP contribution in [0.2, 0.25) is 0 Å². The first-order chi connectivity index (χ1) is 10.7. The number of nitrogens with zero attached hydrogens (tertiary/aromatic N) is 2. The van der Waals surface area contributed by atoms with Crippen LogP contribution < -0.4 is 0 Å². The van der Waals surface area contributed by atoms with E-state index >= 15 is 0 Å². The highest BCUT2D eigenvalue weighted by Crippen LogP contribution is 1.89. The summed E-state index contributed by atoms with van der Waals surface area (Å²) in [4.78, 5) is 4.48. The van der Waals surface area contributed by atoms with Crippen LogP contribution in [0.5, 0.6) is 0 Å². The van der Waals surface area contributed by atoms with Crippen LogP contribution >= 0.6 is 0 Å². The Balaban J connectivity index is 3.28. The SMILES string of the molecule is C=CCCOCCN(C)CCOCCN(C)CCOCCC. The maximum absolute atomic E-state index is 5.67. The molecule has 0 atom stereocenters. The van der Waals surface area contributed by atoms with Gasteiger partial charge in [0.05, 0.1) is 33.0 Å². The Morgan fingerprint density at radius 2 is 1.14 bits per heavy atom. The summed E-state index contributed by atoms with van der Waals surface area (Å²) < 4.78 is 16.6. The molecule has 0 saturated heterocycles. The standard InChI is InChI=1S/C17H36N2O3/c1-5-7-13-21-15-9-19(4)11-17-22-16-10-18(3)8-14-20-12-6-2/h5H,1,6-17H2,2-4H3. The van der Waals surface area contributed by atoms with Gasteiger partial charge in [0.1, 0.15) is 0 Å². The van der Waals surface area contributed by atoms with Gasteiger partial charge in [-0.05, 0) is 26.9 Å². The lowest BCUT2D eigenvalue weighted by Crippen LogP contribution is -2.30. The monoisotopic (exact) mass is 316 g/mol. The van der Waals surface area contributed by atoms with Gasteiger partial charge in [0.2, 0.25) is 0 Å². The highest BCUT2D eigenvalue weighted by molar-refractivity contribution is 4.64. The van der Waals surface area contributed by atoms with Gasteiger partial charge in [-0.3, -0.25) is 0 Å². The Bertz CT molecular complexity index is 240. The fraction of sp³-hybridized carbons (Fsp3) is 0.882. The zero-order valence-corrected chi connectivity index (χ0v) is 14.9. The summed E-state index contributed by atoms with van der Waals surface area (Å²) in [5, 5.41) is 0. The maximum Gasteiger partial charge on any atom is 0.0594 e. The molecular formula is C17H36N2O3. The molecule has 0 rings (SSSR count). The molecule has 5 heteroatoms. The maximum atomic E-state index is 5.67. The minimum Gasteiger partial charge on any atom is -0.380 e. The van der Waals surface area contributed by atoms with Crippen molar-refractivity contribution in [1.82, 2.24) is 9.80 Å². The van der Waals surface area contributed by atoms with Crippen LogP contribution in [0.3, 0.4) is 0 Å². The molecule has 0 saturated carbocycles. The Kier molecular flexibility index (Phi) is 16.5. The fourth-order valence-corrected chi connectivity index (χ4v) is 1.72. The molecular weight excluding hydrogens is 280 g/mol. The van der Waals surface area contributed by atoms with Crippen LogP contribution in [0.15, 0.2) is 12.7 Å². The number of likely N-dealkylation sites (N-methyl/N-ethyl adjacent to an activating group) is 2. The Morgan fingerprint density at radius 3 is 1.55 bits per heavy atom. The molecule has 0 unspecified atom stereocenters. The molecule has 0 heterocycles. The molecule has 0 aromatic rings. The van der Waals surface area contributed by atoms with E-state index in [2.05, 4.69) is 37.4 Å².